The van der Waals surface area contributed by atoms with E-state index >= 15 is 0 Å². The van der Waals surface area contributed by atoms with E-state index in [1.807, 2.05) is 6.92 Å². The van der Waals surface area contributed by atoms with Gasteiger partial charge in [0.1, 0.15) is 6.54 Å². The molecule has 0 bridgehead atoms. The van der Waals surface area contributed by atoms with Crippen molar-refractivity contribution in [3.8, 4) is 0 Å². The number of nitrogens with two attached hydrogens (primary N) is 1. The van der Waals surface area contributed by atoms with Gasteiger partial charge in [-0.1, -0.05) is 19.1 Å². The lowest BCUT2D eigenvalue weighted by Crippen LogP contribution is -2.42. The van der Waals surface area contributed by atoms with Crippen LogP contribution in [0.5, 0.6) is 0 Å². The fraction of sp³-hybridized carbons (Fsp3) is 0.364. The van der Waals surface area contributed by atoms with Gasteiger partial charge in [0.05, 0.1) is 0 Å². The van der Waals surface area contributed by atoms with Crippen molar-refractivity contribution in [3.05, 3.63) is 29.8 Å². The molecule has 0 aliphatic heterocycles. The highest BCUT2D eigenvalue weighted by Crippen LogP contribution is 2.22. The number of thiocarbonyl (C=S) groups is 1. The van der Waals surface area contributed by atoms with Crippen LogP contribution in [0.1, 0.15) is 12.5 Å². The van der Waals surface area contributed by atoms with Crippen LogP contribution in [0.2, 0.25) is 0 Å². The first-order valence-electron chi connectivity index (χ1n) is 5.06. The Hall–Kier alpha value is -1.30. The van der Waals surface area contributed by atoms with Gasteiger partial charge in [-0.25, -0.2) is 0 Å². The molecule has 0 atom stereocenters. The molecular formula is C11H13F3N2S. The quantitative estimate of drug-likeness (QED) is 0.849. The second-order valence-corrected chi connectivity index (χ2v) is 3.98. The minimum atomic E-state index is -4.34. The molecule has 0 radical (unpaired) electrons. The van der Waals surface area contributed by atoms with Crippen LogP contribution in [0, 0.1) is 0 Å². The molecule has 0 saturated heterocycles. The zero-order valence-corrected chi connectivity index (χ0v) is 10.1. The molecular weight excluding hydrogens is 249 g/mol. The van der Waals surface area contributed by atoms with E-state index in [2.05, 4.69) is 12.2 Å². The van der Waals surface area contributed by atoms with Crippen LogP contribution in [-0.2, 0) is 6.42 Å². The summed E-state index contributed by atoms with van der Waals surface area (Å²) in [6.07, 6.45) is -3.51. The van der Waals surface area contributed by atoms with Gasteiger partial charge in [0, 0.05) is 5.69 Å². The highest BCUT2D eigenvalue weighted by molar-refractivity contribution is 7.80. The molecule has 0 saturated carbocycles. The maximum absolute atomic E-state index is 12.3. The standard InChI is InChI=1S/C11H13F3N2S/c1-2-8-3-5-9(6-4-8)16(10(15)17)7-11(12,13)14/h3-6H,2,7H2,1H3,(H2,15,17). The molecule has 1 aromatic rings. The lowest BCUT2D eigenvalue weighted by molar-refractivity contribution is -0.117. The molecule has 1 rings (SSSR count). The highest BCUT2D eigenvalue weighted by atomic mass is 32.1. The van der Waals surface area contributed by atoms with Gasteiger partial charge >= 0.3 is 6.18 Å². The highest BCUT2D eigenvalue weighted by Gasteiger charge is 2.32. The third-order valence-electron chi connectivity index (χ3n) is 2.26. The van der Waals surface area contributed by atoms with Crippen molar-refractivity contribution in [1.82, 2.24) is 0 Å². The van der Waals surface area contributed by atoms with Gasteiger partial charge in [-0.05, 0) is 36.3 Å². The first kappa shape index (κ1) is 13.8. The molecule has 2 nitrogen and oxygen atoms in total. The van der Waals surface area contributed by atoms with E-state index in [4.69, 9.17) is 5.73 Å². The van der Waals surface area contributed by atoms with Crippen molar-refractivity contribution in [2.75, 3.05) is 11.4 Å². The fourth-order valence-electron chi connectivity index (χ4n) is 1.39. The number of benzene rings is 1. The van der Waals surface area contributed by atoms with Crippen LogP contribution in [0.25, 0.3) is 0 Å². The first-order valence-corrected chi connectivity index (χ1v) is 5.47. The second-order valence-electron chi connectivity index (χ2n) is 3.56. The van der Waals surface area contributed by atoms with Crippen molar-refractivity contribution < 1.29 is 13.2 Å². The summed E-state index contributed by atoms with van der Waals surface area (Å²) in [6.45, 7) is 0.795. The molecule has 2 N–H and O–H groups in total. The van der Waals surface area contributed by atoms with Crippen molar-refractivity contribution in [2.24, 2.45) is 5.73 Å². The normalized spacial score (nSPS) is 11.3. The van der Waals surface area contributed by atoms with Crippen molar-refractivity contribution in [3.63, 3.8) is 0 Å². The van der Waals surface area contributed by atoms with Gasteiger partial charge in [0.2, 0.25) is 0 Å². The Morgan fingerprint density at radius 2 is 1.82 bits per heavy atom. The van der Waals surface area contributed by atoms with Crippen LogP contribution in [0.3, 0.4) is 0 Å². The predicted molar refractivity (Wildman–Crippen MR) is 66.0 cm³/mol. The van der Waals surface area contributed by atoms with Crippen molar-refractivity contribution in [2.45, 2.75) is 19.5 Å². The van der Waals surface area contributed by atoms with E-state index in [0.29, 0.717) is 5.69 Å². The summed E-state index contributed by atoms with van der Waals surface area (Å²) >= 11 is 4.63. The van der Waals surface area contributed by atoms with E-state index in [-0.39, 0.29) is 5.11 Å². The fourth-order valence-corrected chi connectivity index (χ4v) is 1.56. The summed E-state index contributed by atoms with van der Waals surface area (Å²) in [7, 11) is 0. The minimum absolute atomic E-state index is 0.286. The average Bonchev–Trinajstić information content (AvgIpc) is 2.25. The summed E-state index contributed by atoms with van der Waals surface area (Å²) in [5, 5.41) is -0.286. The second kappa shape index (κ2) is 5.35. The van der Waals surface area contributed by atoms with E-state index in [9.17, 15) is 13.2 Å². The number of alkyl halides is 3. The van der Waals surface area contributed by atoms with Gasteiger partial charge in [-0.15, -0.1) is 0 Å². The zero-order valence-electron chi connectivity index (χ0n) is 9.29. The minimum Gasteiger partial charge on any atom is -0.376 e. The Morgan fingerprint density at radius 1 is 1.29 bits per heavy atom. The molecule has 94 valence electrons. The Morgan fingerprint density at radius 3 is 2.18 bits per heavy atom. The van der Waals surface area contributed by atoms with Crippen LogP contribution >= 0.6 is 12.2 Å². The molecule has 0 aliphatic rings. The van der Waals surface area contributed by atoms with Crippen molar-refractivity contribution in [1.29, 1.82) is 0 Å². The van der Waals surface area contributed by atoms with Crippen LogP contribution in [0.15, 0.2) is 24.3 Å². The van der Waals surface area contributed by atoms with E-state index < -0.39 is 12.7 Å². The largest absolute Gasteiger partial charge is 0.406 e. The predicted octanol–water partition coefficient (Wildman–Crippen LogP) is 2.86. The molecule has 6 heteroatoms. The summed E-state index contributed by atoms with van der Waals surface area (Å²) in [5.74, 6) is 0. The molecule has 0 aromatic heterocycles. The molecule has 1 aromatic carbocycles. The Labute approximate surface area is 103 Å². The zero-order chi connectivity index (χ0) is 13.1. The van der Waals surface area contributed by atoms with Gasteiger partial charge < -0.3 is 10.6 Å². The number of rotatable bonds is 3. The molecule has 0 amide bonds. The molecule has 0 unspecified atom stereocenters. The SMILES string of the molecule is CCc1ccc(N(CC(F)(F)F)C(N)=S)cc1. The Kier molecular flexibility index (Phi) is 4.34. The lowest BCUT2D eigenvalue weighted by Gasteiger charge is -2.24. The monoisotopic (exact) mass is 262 g/mol. The van der Waals surface area contributed by atoms with Gasteiger partial charge in [-0.3, -0.25) is 0 Å². The first-order chi connectivity index (χ1) is 7.83. The van der Waals surface area contributed by atoms with Gasteiger partial charge in [0.25, 0.3) is 0 Å². The number of hydrogen-bond acceptors (Lipinski definition) is 1. The molecule has 0 fully saturated rings. The number of nitrogens with zero attached hydrogens (tertiary/aromatic N) is 1. The third kappa shape index (κ3) is 4.22. The van der Waals surface area contributed by atoms with Crippen molar-refractivity contribution >= 4 is 23.0 Å². The molecule has 17 heavy (non-hydrogen) atoms. The maximum Gasteiger partial charge on any atom is 0.406 e. The van der Waals surface area contributed by atoms with Gasteiger partial charge in [-0.2, -0.15) is 13.2 Å². The summed E-state index contributed by atoms with van der Waals surface area (Å²) < 4.78 is 37.0. The summed E-state index contributed by atoms with van der Waals surface area (Å²) in [5.41, 5.74) is 6.70. The smallest absolute Gasteiger partial charge is 0.376 e. The third-order valence-corrected chi connectivity index (χ3v) is 2.48. The van der Waals surface area contributed by atoms with Crippen LogP contribution < -0.4 is 10.6 Å². The Bertz CT molecular complexity index is 387. The average molecular weight is 262 g/mol. The topological polar surface area (TPSA) is 29.3 Å². The number of anilines is 1. The summed E-state index contributed by atoms with van der Waals surface area (Å²) in [4.78, 5) is 0.870. The van der Waals surface area contributed by atoms with Crippen LogP contribution in [-0.4, -0.2) is 17.8 Å². The van der Waals surface area contributed by atoms with E-state index in [0.717, 1.165) is 16.9 Å². The number of hydrogen-bond donors (Lipinski definition) is 1. The molecule has 0 spiro atoms. The number of aryl methyl sites for hydroxylation is 1. The molecule has 0 aliphatic carbocycles. The number of halogens is 3. The molecule has 0 heterocycles. The van der Waals surface area contributed by atoms with Gasteiger partial charge in [0.15, 0.2) is 5.11 Å². The lowest BCUT2D eigenvalue weighted by atomic mass is 10.1. The Balaban J connectivity index is 2.94. The van der Waals surface area contributed by atoms with E-state index in [1.54, 1.807) is 24.3 Å². The van der Waals surface area contributed by atoms with E-state index in [1.165, 1.54) is 0 Å². The maximum atomic E-state index is 12.3. The summed E-state index contributed by atoms with van der Waals surface area (Å²) in [6, 6.07) is 6.70. The van der Waals surface area contributed by atoms with Crippen LogP contribution in [0.4, 0.5) is 18.9 Å².